The molecule has 0 atom stereocenters. The van der Waals surface area contributed by atoms with Crippen molar-refractivity contribution < 1.29 is 19.5 Å². The maximum atomic E-state index is 11.6. The van der Waals surface area contributed by atoms with Gasteiger partial charge in [-0.05, 0) is 42.3 Å². The van der Waals surface area contributed by atoms with Crippen LogP contribution >= 0.6 is 0 Å². The van der Waals surface area contributed by atoms with Gasteiger partial charge in [0.1, 0.15) is 18.1 Å². The average Bonchev–Trinajstić information content (AvgIpc) is 2.87. The molecule has 3 rings (SSSR count). The summed E-state index contributed by atoms with van der Waals surface area (Å²) in [5, 5.41) is 8.80. The minimum atomic E-state index is -0.517. The molecule has 0 aromatic heterocycles. The highest BCUT2D eigenvalue weighted by atomic mass is 16.5. The molecule has 1 aliphatic rings. The topological polar surface area (TPSA) is 71.0 Å². The first-order chi connectivity index (χ1) is 12.2. The van der Waals surface area contributed by atoms with Crippen LogP contribution in [0.2, 0.25) is 0 Å². The van der Waals surface area contributed by atoms with Gasteiger partial charge in [-0.2, -0.15) is 0 Å². The second-order valence-corrected chi connectivity index (χ2v) is 5.99. The lowest BCUT2D eigenvalue weighted by atomic mass is 10.1. The zero-order chi connectivity index (χ0) is 17.6. The Bertz CT molecular complexity index is 731. The molecule has 0 saturated carbocycles. The summed E-state index contributed by atoms with van der Waals surface area (Å²) in [7, 11) is 1.66. The molecule has 0 radical (unpaired) electrons. The predicted molar refractivity (Wildman–Crippen MR) is 93.2 cm³/mol. The highest BCUT2D eigenvalue weighted by Crippen LogP contribution is 2.24. The molecule has 2 aromatic carbocycles. The molecule has 132 valence electrons. The number of rotatable bonds is 5. The summed E-state index contributed by atoms with van der Waals surface area (Å²) in [6.45, 7) is 3.04. The molecule has 0 spiro atoms. The summed E-state index contributed by atoms with van der Waals surface area (Å²) in [5.41, 5.74) is 4.29. The number of carbonyl (C=O) groups is 1. The van der Waals surface area contributed by atoms with E-state index in [4.69, 9.17) is 14.7 Å². The predicted octanol–water partition coefficient (Wildman–Crippen LogP) is 2.25. The van der Waals surface area contributed by atoms with Gasteiger partial charge in [-0.1, -0.05) is 12.1 Å². The molecule has 0 fully saturated rings. The maximum absolute atomic E-state index is 11.6. The molecule has 2 aromatic rings. The lowest BCUT2D eigenvalue weighted by Gasteiger charge is -2.19. The maximum Gasteiger partial charge on any atom is 0.274 e. The van der Waals surface area contributed by atoms with E-state index in [9.17, 15) is 4.79 Å². The fourth-order valence-electron chi connectivity index (χ4n) is 2.92. The van der Waals surface area contributed by atoms with E-state index >= 15 is 0 Å². The first kappa shape index (κ1) is 17.3. The van der Waals surface area contributed by atoms with E-state index < -0.39 is 5.91 Å². The first-order valence-electron chi connectivity index (χ1n) is 8.25. The lowest BCUT2D eigenvalue weighted by Crippen LogP contribution is -2.28. The van der Waals surface area contributed by atoms with Gasteiger partial charge in [0.2, 0.25) is 0 Å². The average molecular weight is 342 g/mol. The Morgan fingerprint density at radius 1 is 1.28 bits per heavy atom. The Kier molecular flexibility index (Phi) is 5.53. The summed E-state index contributed by atoms with van der Waals surface area (Å²) in [4.78, 5) is 13.9. The van der Waals surface area contributed by atoms with Gasteiger partial charge in [0.05, 0.1) is 7.11 Å². The normalized spacial score (nSPS) is 14.2. The zero-order valence-electron chi connectivity index (χ0n) is 14.2. The van der Waals surface area contributed by atoms with Crippen LogP contribution < -0.4 is 15.0 Å². The van der Waals surface area contributed by atoms with Crippen LogP contribution in [-0.4, -0.2) is 42.8 Å². The highest BCUT2D eigenvalue weighted by Gasteiger charge is 2.17. The van der Waals surface area contributed by atoms with Crippen LogP contribution in [0.1, 0.15) is 21.5 Å². The molecule has 6 nitrogen and oxygen atoms in total. The molecule has 0 aliphatic carbocycles. The summed E-state index contributed by atoms with van der Waals surface area (Å²) < 4.78 is 11.0. The third-order valence-electron chi connectivity index (χ3n) is 4.36. The molecule has 0 bridgehead atoms. The van der Waals surface area contributed by atoms with Gasteiger partial charge in [0.25, 0.3) is 5.91 Å². The van der Waals surface area contributed by atoms with Crippen LogP contribution in [0.3, 0.4) is 0 Å². The van der Waals surface area contributed by atoms with Gasteiger partial charge in [0, 0.05) is 30.8 Å². The molecule has 0 saturated heterocycles. The minimum absolute atomic E-state index is 0.418. The number of ether oxygens (including phenoxy) is 2. The van der Waals surface area contributed by atoms with Crippen LogP contribution in [0.5, 0.6) is 11.5 Å². The summed E-state index contributed by atoms with van der Waals surface area (Å²) in [6.07, 6.45) is 0.927. The number of benzene rings is 2. The molecular formula is C19H22N2O4. The first-order valence-corrected chi connectivity index (χ1v) is 8.25. The van der Waals surface area contributed by atoms with E-state index in [1.54, 1.807) is 30.8 Å². The summed E-state index contributed by atoms with van der Waals surface area (Å²) in [6, 6.07) is 13.3. The van der Waals surface area contributed by atoms with Crippen molar-refractivity contribution in [3.63, 3.8) is 0 Å². The lowest BCUT2D eigenvalue weighted by molar-refractivity contribution is 0.0706. The molecule has 6 heteroatoms. The minimum Gasteiger partial charge on any atom is -0.497 e. The van der Waals surface area contributed by atoms with Crippen molar-refractivity contribution in [2.75, 3.05) is 26.8 Å². The van der Waals surface area contributed by atoms with E-state index in [1.165, 1.54) is 5.56 Å². The quantitative estimate of drug-likeness (QED) is 0.644. The second kappa shape index (κ2) is 8.00. The number of amides is 1. The van der Waals surface area contributed by atoms with Crippen molar-refractivity contribution >= 4 is 5.91 Å². The van der Waals surface area contributed by atoms with Crippen molar-refractivity contribution in [3.05, 3.63) is 59.2 Å². The Labute approximate surface area is 146 Å². The zero-order valence-corrected chi connectivity index (χ0v) is 14.2. The van der Waals surface area contributed by atoms with E-state index in [0.717, 1.165) is 36.6 Å². The number of nitrogens with one attached hydrogen (secondary N) is 1. The fourth-order valence-corrected chi connectivity index (χ4v) is 2.92. The van der Waals surface area contributed by atoms with Gasteiger partial charge >= 0.3 is 0 Å². The second-order valence-electron chi connectivity index (χ2n) is 5.99. The number of fused-ring (bicyclic) bond motifs is 1. The van der Waals surface area contributed by atoms with Crippen molar-refractivity contribution in [1.29, 1.82) is 0 Å². The van der Waals surface area contributed by atoms with Crippen LogP contribution in [0.4, 0.5) is 0 Å². The highest BCUT2D eigenvalue weighted by molar-refractivity contribution is 5.93. The number of methoxy groups -OCH3 is 1. The van der Waals surface area contributed by atoms with E-state index in [1.807, 2.05) is 12.1 Å². The summed E-state index contributed by atoms with van der Waals surface area (Å²) in [5.74, 6) is 1.13. The Morgan fingerprint density at radius 2 is 2.08 bits per heavy atom. The fraction of sp³-hybridized carbons (Fsp3) is 0.316. The number of nitrogens with zero attached hydrogens (tertiary/aromatic N) is 1. The molecule has 2 N–H and O–H groups in total. The van der Waals surface area contributed by atoms with Crippen LogP contribution in [0.25, 0.3) is 0 Å². The molecule has 25 heavy (non-hydrogen) atoms. The van der Waals surface area contributed by atoms with Gasteiger partial charge < -0.3 is 9.47 Å². The molecule has 1 aliphatic heterocycles. The monoisotopic (exact) mass is 342 g/mol. The number of hydroxylamine groups is 1. The van der Waals surface area contributed by atoms with Gasteiger partial charge in [-0.15, -0.1) is 0 Å². The van der Waals surface area contributed by atoms with Crippen molar-refractivity contribution in [1.82, 2.24) is 10.4 Å². The number of hydrogen-bond donors (Lipinski definition) is 2. The third-order valence-corrected chi connectivity index (χ3v) is 4.36. The molecule has 0 unspecified atom stereocenters. The smallest absolute Gasteiger partial charge is 0.274 e. The van der Waals surface area contributed by atoms with Crippen molar-refractivity contribution in [3.8, 4) is 11.5 Å². The molecule has 1 heterocycles. The standard InChI is InChI=1S/C19H22N2O4/c1-24-17-5-2-14(3-6-17)8-9-21-10-11-25-18-7-4-15(19(22)20-23)12-16(18)13-21/h2-7,12,23H,8-11,13H2,1H3,(H,20,22). The van der Waals surface area contributed by atoms with E-state index in [-0.39, 0.29) is 0 Å². The summed E-state index contributed by atoms with van der Waals surface area (Å²) >= 11 is 0. The van der Waals surface area contributed by atoms with Gasteiger partial charge in [-0.3, -0.25) is 14.9 Å². The Hall–Kier alpha value is -2.57. The Balaban J connectivity index is 1.66. The van der Waals surface area contributed by atoms with Crippen LogP contribution in [-0.2, 0) is 13.0 Å². The third kappa shape index (κ3) is 4.29. The number of carbonyl (C=O) groups excluding carboxylic acids is 1. The van der Waals surface area contributed by atoms with E-state index in [0.29, 0.717) is 18.7 Å². The van der Waals surface area contributed by atoms with Gasteiger partial charge in [-0.25, -0.2) is 5.48 Å². The number of hydrogen-bond acceptors (Lipinski definition) is 5. The van der Waals surface area contributed by atoms with Crippen molar-refractivity contribution in [2.24, 2.45) is 0 Å². The SMILES string of the molecule is COc1ccc(CCN2CCOc3ccc(C(=O)NO)cc3C2)cc1. The van der Waals surface area contributed by atoms with Crippen LogP contribution in [0, 0.1) is 0 Å². The molecular weight excluding hydrogens is 320 g/mol. The van der Waals surface area contributed by atoms with Gasteiger partial charge in [0.15, 0.2) is 0 Å². The van der Waals surface area contributed by atoms with Crippen LogP contribution in [0.15, 0.2) is 42.5 Å². The Morgan fingerprint density at radius 3 is 2.80 bits per heavy atom. The van der Waals surface area contributed by atoms with E-state index in [2.05, 4.69) is 17.0 Å². The van der Waals surface area contributed by atoms with Crippen molar-refractivity contribution in [2.45, 2.75) is 13.0 Å². The largest absolute Gasteiger partial charge is 0.497 e. The molecule has 1 amide bonds.